The summed E-state index contributed by atoms with van der Waals surface area (Å²) in [5.41, 5.74) is 1.02. The standard InChI is InChI=1S/C13H18N2O4/c1-8(2)11(13(16)19-4)14-12-9(3)6-5-7-10(12)15(17)18/h5-8,11,14H,1-4H3. The number of esters is 1. The molecule has 0 aliphatic rings. The monoisotopic (exact) mass is 266 g/mol. The number of para-hydroxylation sites is 1. The maximum atomic E-state index is 11.7. The Balaban J connectivity index is 3.16. The summed E-state index contributed by atoms with van der Waals surface area (Å²) in [6, 6.07) is 4.15. The first-order valence-corrected chi connectivity index (χ1v) is 5.96. The van der Waals surface area contributed by atoms with Crippen LogP contribution in [-0.2, 0) is 9.53 Å². The third-order valence-corrected chi connectivity index (χ3v) is 2.87. The summed E-state index contributed by atoms with van der Waals surface area (Å²) in [6.45, 7) is 5.45. The molecule has 0 aromatic heterocycles. The number of hydrogen-bond acceptors (Lipinski definition) is 5. The molecule has 6 heteroatoms. The van der Waals surface area contributed by atoms with Crippen LogP contribution in [0.2, 0.25) is 0 Å². The molecule has 0 radical (unpaired) electrons. The quantitative estimate of drug-likeness (QED) is 0.503. The van der Waals surface area contributed by atoms with E-state index in [2.05, 4.69) is 5.32 Å². The summed E-state index contributed by atoms with van der Waals surface area (Å²) in [4.78, 5) is 22.2. The van der Waals surface area contributed by atoms with Crippen molar-refractivity contribution >= 4 is 17.3 Å². The van der Waals surface area contributed by atoms with Crippen LogP contribution in [0.15, 0.2) is 18.2 Å². The van der Waals surface area contributed by atoms with Crippen LogP contribution in [0.3, 0.4) is 0 Å². The van der Waals surface area contributed by atoms with Gasteiger partial charge in [-0.15, -0.1) is 0 Å². The summed E-state index contributed by atoms with van der Waals surface area (Å²) in [7, 11) is 1.30. The van der Waals surface area contributed by atoms with Gasteiger partial charge in [-0.05, 0) is 18.4 Å². The number of nitrogens with one attached hydrogen (secondary N) is 1. The van der Waals surface area contributed by atoms with Crippen molar-refractivity contribution in [1.29, 1.82) is 0 Å². The van der Waals surface area contributed by atoms with Gasteiger partial charge in [-0.3, -0.25) is 10.1 Å². The first-order valence-electron chi connectivity index (χ1n) is 5.96. The minimum absolute atomic E-state index is 0.0467. The maximum Gasteiger partial charge on any atom is 0.328 e. The molecule has 0 aliphatic heterocycles. The van der Waals surface area contributed by atoms with Gasteiger partial charge < -0.3 is 10.1 Å². The summed E-state index contributed by atoms with van der Waals surface area (Å²) >= 11 is 0. The lowest BCUT2D eigenvalue weighted by Gasteiger charge is -2.21. The Hall–Kier alpha value is -2.11. The number of ether oxygens (including phenoxy) is 1. The molecular formula is C13H18N2O4. The first kappa shape index (κ1) is 14.9. The van der Waals surface area contributed by atoms with Crippen LogP contribution in [0.25, 0.3) is 0 Å². The average molecular weight is 266 g/mol. The summed E-state index contributed by atoms with van der Waals surface area (Å²) in [5.74, 6) is -0.487. The number of methoxy groups -OCH3 is 1. The van der Waals surface area contributed by atoms with Gasteiger partial charge in [0.25, 0.3) is 5.69 Å². The van der Waals surface area contributed by atoms with Gasteiger partial charge in [0.1, 0.15) is 11.7 Å². The Kier molecular flexibility index (Phi) is 4.86. The molecule has 1 aromatic rings. The predicted octanol–water partition coefficient (Wildman–Crippen LogP) is 2.51. The molecule has 0 bridgehead atoms. The number of hydrogen-bond donors (Lipinski definition) is 1. The van der Waals surface area contributed by atoms with Crippen LogP contribution in [0.1, 0.15) is 19.4 Å². The molecular weight excluding hydrogens is 248 g/mol. The van der Waals surface area contributed by atoms with E-state index in [0.717, 1.165) is 0 Å². The molecule has 1 atom stereocenters. The topological polar surface area (TPSA) is 81.5 Å². The van der Waals surface area contributed by atoms with Crippen molar-refractivity contribution in [3.63, 3.8) is 0 Å². The van der Waals surface area contributed by atoms with Crippen LogP contribution >= 0.6 is 0 Å². The van der Waals surface area contributed by atoms with Crippen LogP contribution < -0.4 is 5.32 Å². The Morgan fingerprint density at radius 1 is 1.42 bits per heavy atom. The molecule has 6 nitrogen and oxygen atoms in total. The zero-order chi connectivity index (χ0) is 14.6. The number of nitrogens with zero attached hydrogens (tertiary/aromatic N) is 1. The second-order valence-corrected chi connectivity index (χ2v) is 4.62. The van der Waals surface area contributed by atoms with Gasteiger partial charge in [0.2, 0.25) is 0 Å². The third kappa shape index (κ3) is 3.43. The van der Waals surface area contributed by atoms with E-state index in [9.17, 15) is 14.9 Å². The van der Waals surface area contributed by atoms with Crippen LogP contribution in [-0.4, -0.2) is 24.0 Å². The molecule has 0 heterocycles. The number of nitro benzene ring substituents is 1. The van der Waals surface area contributed by atoms with Crippen molar-refractivity contribution in [2.75, 3.05) is 12.4 Å². The second-order valence-electron chi connectivity index (χ2n) is 4.62. The number of rotatable bonds is 5. The minimum Gasteiger partial charge on any atom is -0.467 e. The van der Waals surface area contributed by atoms with Gasteiger partial charge in [0.15, 0.2) is 0 Å². The number of nitro groups is 1. The Morgan fingerprint density at radius 2 is 2.05 bits per heavy atom. The molecule has 1 aromatic carbocycles. The number of anilines is 1. The summed E-state index contributed by atoms with van der Waals surface area (Å²) in [5, 5.41) is 13.9. The van der Waals surface area contributed by atoms with Crippen molar-refractivity contribution in [3.05, 3.63) is 33.9 Å². The highest BCUT2D eigenvalue weighted by atomic mass is 16.6. The lowest BCUT2D eigenvalue weighted by Crippen LogP contribution is -2.35. The molecule has 0 saturated carbocycles. The molecule has 104 valence electrons. The molecule has 1 rings (SSSR count). The fraction of sp³-hybridized carbons (Fsp3) is 0.462. The van der Waals surface area contributed by atoms with E-state index < -0.39 is 16.9 Å². The molecule has 0 fully saturated rings. The highest BCUT2D eigenvalue weighted by molar-refractivity contribution is 5.81. The van der Waals surface area contributed by atoms with E-state index in [-0.39, 0.29) is 11.6 Å². The van der Waals surface area contributed by atoms with Crippen molar-refractivity contribution in [2.24, 2.45) is 5.92 Å². The van der Waals surface area contributed by atoms with E-state index in [1.807, 2.05) is 13.8 Å². The van der Waals surface area contributed by atoms with E-state index in [1.54, 1.807) is 19.1 Å². The highest BCUT2D eigenvalue weighted by Crippen LogP contribution is 2.29. The zero-order valence-electron chi connectivity index (χ0n) is 11.5. The number of aryl methyl sites for hydroxylation is 1. The largest absolute Gasteiger partial charge is 0.467 e. The van der Waals surface area contributed by atoms with Crippen molar-refractivity contribution in [1.82, 2.24) is 0 Å². The van der Waals surface area contributed by atoms with Crippen molar-refractivity contribution in [2.45, 2.75) is 26.8 Å². The van der Waals surface area contributed by atoms with Gasteiger partial charge >= 0.3 is 5.97 Å². The van der Waals surface area contributed by atoms with E-state index in [0.29, 0.717) is 11.3 Å². The Morgan fingerprint density at radius 3 is 2.53 bits per heavy atom. The smallest absolute Gasteiger partial charge is 0.328 e. The second kappa shape index (κ2) is 6.17. The zero-order valence-corrected chi connectivity index (χ0v) is 11.5. The highest BCUT2D eigenvalue weighted by Gasteiger charge is 2.26. The van der Waals surface area contributed by atoms with E-state index >= 15 is 0 Å². The van der Waals surface area contributed by atoms with Gasteiger partial charge in [-0.25, -0.2) is 4.79 Å². The van der Waals surface area contributed by atoms with Gasteiger partial charge in [0, 0.05) is 6.07 Å². The fourth-order valence-electron chi connectivity index (χ4n) is 1.77. The van der Waals surface area contributed by atoms with Crippen LogP contribution in [0.5, 0.6) is 0 Å². The molecule has 0 aliphatic carbocycles. The van der Waals surface area contributed by atoms with Crippen LogP contribution in [0, 0.1) is 23.0 Å². The SMILES string of the molecule is COC(=O)C(Nc1c(C)cccc1[N+](=O)[O-])C(C)C. The first-order chi connectivity index (χ1) is 8.88. The fourth-order valence-corrected chi connectivity index (χ4v) is 1.77. The van der Waals surface area contributed by atoms with Gasteiger partial charge in [-0.2, -0.15) is 0 Å². The normalized spacial score (nSPS) is 12.1. The molecule has 0 spiro atoms. The Bertz CT molecular complexity index is 486. The Labute approximate surface area is 111 Å². The minimum atomic E-state index is -0.621. The molecule has 0 amide bonds. The number of carbonyl (C=O) groups is 1. The van der Waals surface area contributed by atoms with Gasteiger partial charge in [0.05, 0.1) is 12.0 Å². The lowest BCUT2D eigenvalue weighted by atomic mass is 10.0. The maximum absolute atomic E-state index is 11.7. The van der Waals surface area contributed by atoms with E-state index in [1.165, 1.54) is 13.2 Å². The predicted molar refractivity (Wildman–Crippen MR) is 72.1 cm³/mol. The number of benzene rings is 1. The molecule has 1 unspecified atom stereocenters. The summed E-state index contributed by atoms with van der Waals surface area (Å²) < 4.78 is 4.71. The van der Waals surface area contributed by atoms with Crippen molar-refractivity contribution < 1.29 is 14.5 Å². The molecule has 1 N–H and O–H groups in total. The molecule has 19 heavy (non-hydrogen) atoms. The number of carbonyl (C=O) groups excluding carboxylic acids is 1. The third-order valence-electron chi connectivity index (χ3n) is 2.87. The lowest BCUT2D eigenvalue weighted by molar-refractivity contribution is -0.384. The van der Waals surface area contributed by atoms with Crippen LogP contribution in [0.4, 0.5) is 11.4 Å². The van der Waals surface area contributed by atoms with Crippen molar-refractivity contribution in [3.8, 4) is 0 Å². The van der Waals surface area contributed by atoms with E-state index in [4.69, 9.17) is 4.74 Å². The average Bonchev–Trinajstić information content (AvgIpc) is 2.35. The summed E-state index contributed by atoms with van der Waals surface area (Å²) in [6.07, 6.45) is 0. The molecule has 0 saturated heterocycles. The van der Waals surface area contributed by atoms with Gasteiger partial charge in [-0.1, -0.05) is 26.0 Å².